The largest absolute Gasteiger partial charge is 0.416 e. The summed E-state index contributed by atoms with van der Waals surface area (Å²) < 4.78 is 39.5. The van der Waals surface area contributed by atoms with Gasteiger partial charge >= 0.3 is 6.18 Å². The Kier molecular flexibility index (Phi) is 7.62. The normalized spacial score (nSPS) is 17.3. The quantitative estimate of drug-likeness (QED) is 0.245. The molecule has 1 aliphatic heterocycles. The number of aromatic nitrogens is 2. The lowest BCUT2D eigenvalue weighted by Gasteiger charge is -2.29. The molecule has 1 aliphatic carbocycles. The third kappa shape index (κ3) is 6.26. The molecule has 0 radical (unpaired) electrons. The van der Waals surface area contributed by atoms with Gasteiger partial charge in [0.05, 0.1) is 17.1 Å². The van der Waals surface area contributed by atoms with E-state index in [1.807, 2.05) is 25.3 Å². The average molecular weight is 574 g/mol. The van der Waals surface area contributed by atoms with E-state index in [0.29, 0.717) is 17.9 Å². The lowest BCUT2D eigenvalue weighted by atomic mass is 9.92. The maximum absolute atomic E-state index is 13.2. The number of fused-ring (bicyclic) bond motifs is 1. The van der Waals surface area contributed by atoms with E-state index in [4.69, 9.17) is 4.98 Å². The first-order valence-electron chi connectivity index (χ1n) is 14.5. The van der Waals surface area contributed by atoms with E-state index in [1.54, 1.807) is 0 Å². The van der Waals surface area contributed by atoms with Crippen molar-refractivity contribution in [3.63, 3.8) is 0 Å². The third-order valence-corrected chi connectivity index (χ3v) is 8.34. The van der Waals surface area contributed by atoms with Crippen LogP contribution in [0.4, 0.5) is 19.1 Å². The fraction of sp³-hybridized carbons (Fsp3) is 0.364. The highest BCUT2D eigenvalue weighted by Gasteiger charge is 2.31. The van der Waals surface area contributed by atoms with Crippen molar-refractivity contribution in [2.24, 2.45) is 0 Å². The summed E-state index contributed by atoms with van der Waals surface area (Å²) in [6.45, 7) is 3.94. The smallest absolute Gasteiger partial charge is 0.351 e. The molecule has 1 atom stereocenters. The molecule has 2 aliphatic rings. The monoisotopic (exact) mass is 573 g/mol. The van der Waals surface area contributed by atoms with Crippen LogP contribution >= 0.6 is 0 Å². The molecular formula is C33H34F3N5O. The van der Waals surface area contributed by atoms with Gasteiger partial charge in [-0.05, 0) is 111 Å². The maximum atomic E-state index is 13.2. The molecule has 6 rings (SSSR count). The van der Waals surface area contributed by atoms with Crippen molar-refractivity contribution in [1.29, 1.82) is 0 Å². The Labute approximate surface area is 243 Å². The molecular weight excluding hydrogens is 539 g/mol. The van der Waals surface area contributed by atoms with Crippen LogP contribution in [0, 0.1) is 0 Å². The van der Waals surface area contributed by atoms with Crippen LogP contribution in [0.2, 0.25) is 0 Å². The summed E-state index contributed by atoms with van der Waals surface area (Å²) in [5.74, 6) is 0.580. The first-order valence-corrected chi connectivity index (χ1v) is 14.5. The van der Waals surface area contributed by atoms with Crippen LogP contribution in [0.5, 0.6) is 0 Å². The molecule has 0 unspecified atom stereocenters. The minimum Gasteiger partial charge on any atom is -0.351 e. The second-order valence-electron chi connectivity index (χ2n) is 11.6. The van der Waals surface area contributed by atoms with Crippen LogP contribution in [0.1, 0.15) is 71.6 Å². The number of amides is 1. The van der Waals surface area contributed by atoms with Gasteiger partial charge in [-0.1, -0.05) is 30.3 Å². The van der Waals surface area contributed by atoms with Gasteiger partial charge in [-0.2, -0.15) is 13.2 Å². The van der Waals surface area contributed by atoms with Crippen molar-refractivity contribution >= 4 is 22.8 Å². The summed E-state index contributed by atoms with van der Waals surface area (Å²) in [7, 11) is 2.14. The van der Waals surface area contributed by atoms with E-state index < -0.39 is 23.7 Å². The first-order chi connectivity index (χ1) is 20.1. The van der Waals surface area contributed by atoms with Gasteiger partial charge in [0.1, 0.15) is 0 Å². The Morgan fingerprint density at radius 3 is 2.52 bits per heavy atom. The van der Waals surface area contributed by atoms with E-state index in [1.165, 1.54) is 17.7 Å². The van der Waals surface area contributed by atoms with Gasteiger partial charge in [0.25, 0.3) is 5.91 Å². The fourth-order valence-corrected chi connectivity index (χ4v) is 5.64. The molecule has 1 amide bonds. The Balaban J connectivity index is 1.26. The van der Waals surface area contributed by atoms with E-state index in [0.717, 1.165) is 78.5 Å². The van der Waals surface area contributed by atoms with Crippen LogP contribution in [0.3, 0.4) is 0 Å². The zero-order chi connectivity index (χ0) is 29.4. The number of likely N-dealkylation sites (tertiary alicyclic amines) is 1. The molecule has 4 aromatic rings. The molecule has 2 heterocycles. The summed E-state index contributed by atoms with van der Waals surface area (Å²) >= 11 is 0. The summed E-state index contributed by atoms with van der Waals surface area (Å²) in [4.78, 5) is 24.6. The highest BCUT2D eigenvalue weighted by Crippen LogP contribution is 2.45. The van der Waals surface area contributed by atoms with Gasteiger partial charge in [-0.25, -0.2) is 9.97 Å². The highest BCUT2D eigenvalue weighted by molar-refractivity contribution is 5.94. The molecule has 2 N–H and O–H groups in total. The number of piperidine rings is 1. The van der Waals surface area contributed by atoms with Crippen molar-refractivity contribution in [3.8, 4) is 11.1 Å². The molecule has 1 aromatic heterocycles. The molecule has 1 saturated carbocycles. The standard InChI is InChI=1S/C33H34F3N5O/c1-20(38-31(42)24-4-3-5-26(16-24)33(34,35)36)22-10-11-28(21-6-7-21)29(17-22)23-8-9-25-19-37-32(40-30(25)18-23)39-27-12-14-41(2)15-13-27/h3-5,8-11,16-21,27H,6-7,12-15H2,1-2H3,(H,38,42)(H,37,39,40)/t20-/m0/s1. The molecule has 0 bridgehead atoms. The SMILES string of the molecule is C[C@H](NC(=O)c1cccc(C(F)(F)F)c1)c1ccc(C2CC2)c(-c2ccc3cnc(NC4CCN(C)CC4)nc3c2)c1. The second-order valence-corrected chi connectivity index (χ2v) is 11.6. The topological polar surface area (TPSA) is 70.2 Å². The molecule has 6 nitrogen and oxygen atoms in total. The number of alkyl halides is 3. The van der Waals surface area contributed by atoms with Gasteiger partial charge < -0.3 is 15.5 Å². The van der Waals surface area contributed by atoms with Gasteiger partial charge in [-0.15, -0.1) is 0 Å². The number of carbonyl (C=O) groups is 1. The number of rotatable bonds is 7. The fourth-order valence-electron chi connectivity index (χ4n) is 5.64. The van der Waals surface area contributed by atoms with Crippen LogP contribution in [-0.4, -0.2) is 47.0 Å². The Bertz CT molecular complexity index is 1610. The predicted molar refractivity (Wildman–Crippen MR) is 158 cm³/mol. The van der Waals surface area contributed by atoms with Crippen molar-refractivity contribution in [2.45, 2.75) is 56.8 Å². The number of anilines is 1. The lowest BCUT2D eigenvalue weighted by molar-refractivity contribution is -0.137. The van der Waals surface area contributed by atoms with Gasteiger partial charge in [0.15, 0.2) is 0 Å². The van der Waals surface area contributed by atoms with E-state index >= 15 is 0 Å². The molecule has 0 spiro atoms. The number of halogens is 3. The summed E-state index contributed by atoms with van der Waals surface area (Å²) in [6.07, 6.45) is 1.72. The van der Waals surface area contributed by atoms with Crippen molar-refractivity contribution in [3.05, 3.63) is 89.1 Å². The number of nitrogens with zero attached hydrogens (tertiary/aromatic N) is 3. The lowest BCUT2D eigenvalue weighted by Crippen LogP contribution is -2.37. The molecule has 2 fully saturated rings. The predicted octanol–water partition coefficient (Wildman–Crippen LogP) is 7.19. The van der Waals surface area contributed by atoms with Crippen LogP contribution < -0.4 is 10.6 Å². The molecule has 3 aromatic carbocycles. The summed E-state index contributed by atoms with van der Waals surface area (Å²) in [6, 6.07) is 16.8. The highest BCUT2D eigenvalue weighted by atomic mass is 19.4. The molecule has 9 heteroatoms. The van der Waals surface area contributed by atoms with Crippen molar-refractivity contribution in [1.82, 2.24) is 20.2 Å². The van der Waals surface area contributed by atoms with E-state index in [2.05, 4.69) is 51.8 Å². The Morgan fingerprint density at radius 2 is 1.79 bits per heavy atom. The minimum absolute atomic E-state index is 0.0228. The zero-order valence-corrected chi connectivity index (χ0v) is 23.7. The number of carbonyl (C=O) groups excluding carboxylic acids is 1. The number of hydrogen-bond donors (Lipinski definition) is 2. The Hall–Kier alpha value is -3.98. The van der Waals surface area contributed by atoms with Crippen LogP contribution in [0.25, 0.3) is 22.0 Å². The van der Waals surface area contributed by atoms with Gasteiger partial charge in [0, 0.05) is 23.2 Å². The van der Waals surface area contributed by atoms with Crippen LogP contribution in [0.15, 0.2) is 66.9 Å². The summed E-state index contributed by atoms with van der Waals surface area (Å²) in [5.41, 5.74) is 4.24. The number of nitrogens with one attached hydrogen (secondary N) is 2. The number of hydrogen-bond acceptors (Lipinski definition) is 5. The van der Waals surface area contributed by atoms with Crippen LogP contribution in [-0.2, 0) is 6.18 Å². The first kappa shape index (κ1) is 28.2. The second kappa shape index (κ2) is 11.4. The van der Waals surface area contributed by atoms with E-state index in [-0.39, 0.29) is 5.56 Å². The molecule has 218 valence electrons. The minimum atomic E-state index is -4.51. The number of benzene rings is 3. The zero-order valence-electron chi connectivity index (χ0n) is 23.7. The average Bonchev–Trinajstić information content (AvgIpc) is 3.83. The summed E-state index contributed by atoms with van der Waals surface area (Å²) in [5, 5.41) is 7.34. The molecule has 1 saturated heterocycles. The van der Waals surface area contributed by atoms with Crippen molar-refractivity contribution < 1.29 is 18.0 Å². The van der Waals surface area contributed by atoms with E-state index in [9.17, 15) is 18.0 Å². The molecule has 42 heavy (non-hydrogen) atoms. The third-order valence-electron chi connectivity index (χ3n) is 8.34. The van der Waals surface area contributed by atoms with Crippen molar-refractivity contribution in [2.75, 3.05) is 25.5 Å². The maximum Gasteiger partial charge on any atom is 0.416 e. The Morgan fingerprint density at radius 1 is 1.00 bits per heavy atom. The van der Waals surface area contributed by atoms with Gasteiger partial charge in [0.2, 0.25) is 5.95 Å². The van der Waals surface area contributed by atoms with Gasteiger partial charge in [-0.3, -0.25) is 4.79 Å².